The SMILES string of the molecule is CNC(Cc1ccc(O)cc1)C1Cc2ccccc21. The first-order chi connectivity index (χ1) is 9.28. The summed E-state index contributed by atoms with van der Waals surface area (Å²) in [5.41, 5.74) is 4.24. The number of phenols is 1. The Labute approximate surface area is 114 Å². The lowest BCUT2D eigenvalue weighted by Crippen LogP contribution is -2.39. The van der Waals surface area contributed by atoms with E-state index >= 15 is 0 Å². The van der Waals surface area contributed by atoms with Gasteiger partial charge in [0.2, 0.25) is 0 Å². The smallest absolute Gasteiger partial charge is 0.115 e. The normalized spacial score (nSPS) is 18.5. The molecule has 0 saturated heterocycles. The lowest BCUT2D eigenvalue weighted by atomic mass is 9.72. The van der Waals surface area contributed by atoms with Crippen molar-refractivity contribution in [3.63, 3.8) is 0 Å². The molecule has 98 valence electrons. The highest BCUT2D eigenvalue weighted by atomic mass is 16.3. The molecule has 0 fully saturated rings. The molecule has 2 nitrogen and oxygen atoms in total. The van der Waals surface area contributed by atoms with Gasteiger partial charge >= 0.3 is 0 Å². The van der Waals surface area contributed by atoms with Gasteiger partial charge in [-0.15, -0.1) is 0 Å². The highest BCUT2D eigenvalue weighted by molar-refractivity contribution is 5.41. The zero-order valence-corrected chi connectivity index (χ0v) is 11.1. The van der Waals surface area contributed by atoms with Crippen LogP contribution in [-0.4, -0.2) is 18.2 Å². The fourth-order valence-corrected chi connectivity index (χ4v) is 2.99. The van der Waals surface area contributed by atoms with Gasteiger partial charge in [0.25, 0.3) is 0 Å². The van der Waals surface area contributed by atoms with Crippen molar-refractivity contribution in [2.24, 2.45) is 0 Å². The molecule has 1 aliphatic carbocycles. The fourth-order valence-electron chi connectivity index (χ4n) is 2.99. The van der Waals surface area contributed by atoms with E-state index in [2.05, 4.69) is 29.6 Å². The maximum absolute atomic E-state index is 9.33. The summed E-state index contributed by atoms with van der Waals surface area (Å²) < 4.78 is 0. The lowest BCUT2D eigenvalue weighted by Gasteiger charge is -2.36. The lowest BCUT2D eigenvalue weighted by molar-refractivity contribution is 0.422. The van der Waals surface area contributed by atoms with Crippen molar-refractivity contribution >= 4 is 0 Å². The van der Waals surface area contributed by atoms with Crippen LogP contribution < -0.4 is 5.32 Å². The molecule has 3 rings (SSSR count). The minimum absolute atomic E-state index is 0.332. The van der Waals surface area contributed by atoms with Crippen molar-refractivity contribution in [1.82, 2.24) is 5.32 Å². The molecule has 0 saturated carbocycles. The number of hydrogen-bond acceptors (Lipinski definition) is 2. The molecule has 2 aromatic carbocycles. The Hall–Kier alpha value is -1.80. The van der Waals surface area contributed by atoms with Gasteiger partial charge < -0.3 is 10.4 Å². The van der Waals surface area contributed by atoms with Crippen molar-refractivity contribution < 1.29 is 5.11 Å². The van der Waals surface area contributed by atoms with Crippen LogP contribution in [0, 0.1) is 0 Å². The van der Waals surface area contributed by atoms with Crippen LogP contribution >= 0.6 is 0 Å². The molecule has 2 N–H and O–H groups in total. The fraction of sp³-hybridized carbons (Fsp3) is 0.294. The van der Waals surface area contributed by atoms with E-state index in [1.165, 1.54) is 23.1 Å². The summed E-state index contributed by atoms with van der Waals surface area (Å²) in [5, 5.41) is 12.8. The summed E-state index contributed by atoms with van der Waals surface area (Å²) in [7, 11) is 2.03. The third kappa shape index (κ3) is 2.36. The van der Waals surface area contributed by atoms with E-state index in [-0.39, 0.29) is 0 Å². The van der Waals surface area contributed by atoms with Crippen LogP contribution in [0.5, 0.6) is 5.75 Å². The largest absolute Gasteiger partial charge is 0.508 e. The number of fused-ring (bicyclic) bond motifs is 1. The van der Waals surface area contributed by atoms with Crippen molar-refractivity contribution in [2.75, 3.05) is 7.05 Å². The first-order valence-corrected chi connectivity index (χ1v) is 6.81. The molecule has 0 spiro atoms. The summed E-state index contributed by atoms with van der Waals surface area (Å²) in [4.78, 5) is 0. The molecule has 0 bridgehead atoms. The van der Waals surface area contributed by atoms with Gasteiger partial charge in [-0.25, -0.2) is 0 Å². The number of benzene rings is 2. The van der Waals surface area contributed by atoms with E-state index in [4.69, 9.17) is 0 Å². The highest BCUT2D eigenvalue weighted by Crippen LogP contribution is 2.38. The molecule has 2 heteroatoms. The molecular weight excluding hydrogens is 234 g/mol. The van der Waals surface area contributed by atoms with E-state index in [0.29, 0.717) is 17.7 Å². The zero-order valence-electron chi connectivity index (χ0n) is 11.1. The highest BCUT2D eigenvalue weighted by Gasteiger charge is 2.31. The van der Waals surface area contributed by atoms with E-state index < -0.39 is 0 Å². The second kappa shape index (κ2) is 5.06. The van der Waals surface area contributed by atoms with Gasteiger partial charge in [-0.05, 0) is 48.7 Å². The van der Waals surface area contributed by atoms with Crippen LogP contribution in [0.2, 0.25) is 0 Å². The Morgan fingerprint density at radius 1 is 1.16 bits per heavy atom. The number of phenolic OH excluding ortho intramolecular Hbond substituents is 1. The van der Waals surface area contributed by atoms with Gasteiger partial charge in [0.1, 0.15) is 5.75 Å². The van der Waals surface area contributed by atoms with E-state index in [1.54, 1.807) is 12.1 Å². The first kappa shape index (κ1) is 12.2. The summed E-state index contributed by atoms with van der Waals surface area (Å²) in [6.45, 7) is 0. The van der Waals surface area contributed by atoms with Crippen molar-refractivity contribution in [3.05, 3.63) is 65.2 Å². The Balaban J connectivity index is 1.74. The third-order valence-corrected chi connectivity index (χ3v) is 4.14. The maximum Gasteiger partial charge on any atom is 0.115 e. The molecule has 0 amide bonds. The minimum atomic E-state index is 0.332. The predicted molar refractivity (Wildman–Crippen MR) is 77.5 cm³/mol. The summed E-state index contributed by atoms with van der Waals surface area (Å²) >= 11 is 0. The zero-order chi connectivity index (χ0) is 13.2. The molecule has 2 atom stereocenters. The van der Waals surface area contributed by atoms with Crippen molar-refractivity contribution in [3.8, 4) is 5.75 Å². The number of hydrogen-bond donors (Lipinski definition) is 2. The molecule has 0 radical (unpaired) electrons. The number of likely N-dealkylation sites (N-methyl/N-ethyl adjacent to an activating group) is 1. The summed E-state index contributed by atoms with van der Waals surface area (Å²) in [6, 6.07) is 16.7. The van der Waals surface area contributed by atoms with Gasteiger partial charge in [-0.3, -0.25) is 0 Å². The van der Waals surface area contributed by atoms with Crippen molar-refractivity contribution in [1.29, 1.82) is 0 Å². The molecule has 0 heterocycles. The van der Waals surface area contributed by atoms with Crippen LogP contribution in [0.25, 0.3) is 0 Å². The van der Waals surface area contributed by atoms with E-state index in [0.717, 1.165) is 6.42 Å². The molecular formula is C17H19NO. The van der Waals surface area contributed by atoms with Crippen molar-refractivity contribution in [2.45, 2.75) is 24.8 Å². The summed E-state index contributed by atoms with van der Waals surface area (Å²) in [6.07, 6.45) is 2.16. The van der Waals surface area contributed by atoms with Crippen LogP contribution in [-0.2, 0) is 12.8 Å². The second-order valence-corrected chi connectivity index (χ2v) is 5.28. The Bertz CT molecular complexity index is 562. The van der Waals surface area contributed by atoms with Crippen LogP contribution in [0.3, 0.4) is 0 Å². The maximum atomic E-state index is 9.33. The Kier molecular flexibility index (Phi) is 3.26. The Morgan fingerprint density at radius 3 is 2.58 bits per heavy atom. The standard InChI is InChI=1S/C17H19NO/c1-18-17(10-12-6-8-14(19)9-7-12)16-11-13-4-2-3-5-15(13)16/h2-9,16-19H,10-11H2,1H3. The molecule has 2 aromatic rings. The van der Waals surface area contributed by atoms with Crippen LogP contribution in [0.4, 0.5) is 0 Å². The quantitative estimate of drug-likeness (QED) is 0.878. The van der Waals surface area contributed by atoms with Gasteiger partial charge in [0.15, 0.2) is 0 Å². The van der Waals surface area contributed by atoms with E-state index in [9.17, 15) is 5.11 Å². The second-order valence-electron chi connectivity index (χ2n) is 5.28. The van der Waals surface area contributed by atoms with Crippen LogP contribution in [0.1, 0.15) is 22.6 Å². The minimum Gasteiger partial charge on any atom is -0.508 e. The monoisotopic (exact) mass is 253 g/mol. The molecule has 0 aliphatic heterocycles. The molecule has 0 aromatic heterocycles. The van der Waals surface area contributed by atoms with Gasteiger partial charge in [-0.2, -0.15) is 0 Å². The van der Waals surface area contributed by atoms with E-state index in [1.807, 2.05) is 19.2 Å². The first-order valence-electron chi connectivity index (χ1n) is 6.81. The number of aromatic hydroxyl groups is 1. The predicted octanol–water partition coefficient (Wildman–Crippen LogP) is 2.86. The van der Waals surface area contributed by atoms with Gasteiger partial charge in [0, 0.05) is 12.0 Å². The van der Waals surface area contributed by atoms with Crippen LogP contribution in [0.15, 0.2) is 48.5 Å². The summed E-state index contributed by atoms with van der Waals surface area (Å²) in [5.74, 6) is 0.939. The molecule has 1 aliphatic rings. The van der Waals surface area contributed by atoms with Gasteiger partial charge in [-0.1, -0.05) is 36.4 Å². The molecule has 19 heavy (non-hydrogen) atoms. The number of nitrogens with one attached hydrogen (secondary N) is 1. The number of rotatable bonds is 4. The third-order valence-electron chi connectivity index (χ3n) is 4.14. The Morgan fingerprint density at radius 2 is 1.89 bits per heavy atom. The average Bonchev–Trinajstić information content (AvgIpc) is 2.41. The topological polar surface area (TPSA) is 32.3 Å². The molecule has 2 unspecified atom stereocenters. The average molecular weight is 253 g/mol. The van der Waals surface area contributed by atoms with Gasteiger partial charge in [0.05, 0.1) is 0 Å².